The Balaban J connectivity index is 2.28. The van der Waals surface area contributed by atoms with E-state index in [0.717, 1.165) is 11.8 Å². The lowest BCUT2D eigenvalue weighted by Crippen LogP contribution is -2.27. The van der Waals surface area contributed by atoms with E-state index in [0.29, 0.717) is 0 Å². The molecule has 0 aliphatic carbocycles. The summed E-state index contributed by atoms with van der Waals surface area (Å²) in [6, 6.07) is 0. The number of amidine groups is 1. The Morgan fingerprint density at radius 2 is 2.88 bits per heavy atom. The molecule has 0 aromatic carbocycles. The number of nitrogens with zero attached hydrogens (tertiary/aromatic N) is 2. The lowest BCUT2D eigenvalue weighted by atomic mass is 10.9. The first-order chi connectivity index (χ1) is 3.97. The molecule has 0 unspecified atom stereocenters. The Labute approximate surface area is 51.4 Å². The van der Waals surface area contributed by atoms with Crippen molar-refractivity contribution in [3.63, 3.8) is 0 Å². The molecule has 2 aliphatic rings. The third-order valence-electron chi connectivity index (χ3n) is 1.04. The first-order valence-corrected chi connectivity index (χ1v) is 3.25. The molecule has 3 nitrogen and oxygen atoms in total. The number of fused-ring (bicyclic) bond motifs is 1. The summed E-state index contributed by atoms with van der Waals surface area (Å²) in [5.41, 5.74) is 3.04. The highest BCUT2D eigenvalue weighted by molar-refractivity contribution is 8.16. The van der Waals surface area contributed by atoms with Crippen molar-refractivity contribution in [1.82, 2.24) is 10.4 Å². The minimum Gasteiger partial charge on any atom is -0.259 e. The number of hydrogen-bond acceptors (Lipinski definition) is 4. The Kier molecular flexibility index (Phi) is 0.824. The summed E-state index contributed by atoms with van der Waals surface area (Å²) in [5, 5.41) is 4.99. The highest BCUT2D eigenvalue weighted by Gasteiger charge is 2.16. The topological polar surface area (TPSA) is 27.6 Å². The SMILES string of the molecule is C1=CN2NCN=C2S1. The summed E-state index contributed by atoms with van der Waals surface area (Å²) in [6.07, 6.45) is 1.97. The van der Waals surface area contributed by atoms with Gasteiger partial charge in [-0.15, -0.1) is 0 Å². The van der Waals surface area contributed by atoms with E-state index in [1.54, 1.807) is 11.8 Å². The van der Waals surface area contributed by atoms with E-state index in [9.17, 15) is 0 Å². The van der Waals surface area contributed by atoms with E-state index >= 15 is 0 Å². The molecule has 0 amide bonds. The highest BCUT2D eigenvalue weighted by Crippen LogP contribution is 2.19. The number of hydrazine groups is 1. The summed E-state index contributed by atoms with van der Waals surface area (Å²) < 4.78 is 0. The first kappa shape index (κ1) is 4.40. The average molecular weight is 127 g/mol. The number of hydrogen-bond donors (Lipinski definition) is 1. The van der Waals surface area contributed by atoms with Gasteiger partial charge in [-0.05, 0) is 5.41 Å². The van der Waals surface area contributed by atoms with Crippen LogP contribution in [0.2, 0.25) is 0 Å². The van der Waals surface area contributed by atoms with E-state index in [-0.39, 0.29) is 0 Å². The molecule has 0 saturated heterocycles. The quantitative estimate of drug-likeness (QED) is 0.508. The Morgan fingerprint density at radius 1 is 1.88 bits per heavy atom. The van der Waals surface area contributed by atoms with Gasteiger partial charge in [0.05, 0.1) is 0 Å². The van der Waals surface area contributed by atoms with Crippen LogP contribution in [0, 0.1) is 0 Å². The summed E-state index contributed by atoms with van der Waals surface area (Å²) in [7, 11) is 0. The standard InChI is InChI=1S/C4H5N3S/c1-2-8-4-5-3-6-7(1)4/h1-2,6H,3H2. The van der Waals surface area contributed by atoms with Crippen molar-refractivity contribution in [1.29, 1.82) is 0 Å². The van der Waals surface area contributed by atoms with Gasteiger partial charge in [-0.2, -0.15) is 0 Å². The molecule has 1 N–H and O–H groups in total. The lowest BCUT2D eigenvalue weighted by Gasteiger charge is -2.05. The van der Waals surface area contributed by atoms with Crippen molar-refractivity contribution >= 4 is 16.9 Å². The zero-order chi connectivity index (χ0) is 5.40. The van der Waals surface area contributed by atoms with Crippen molar-refractivity contribution in [2.45, 2.75) is 0 Å². The van der Waals surface area contributed by atoms with Crippen LogP contribution in [0.1, 0.15) is 0 Å². The van der Waals surface area contributed by atoms with Crippen LogP contribution in [0.25, 0.3) is 0 Å². The van der Waals surface area contributed by atoms with E-state index in [1.807, 2.05) is 16.6 Å². The van der Waals surface area contributed by atoms with Crippen LogP contribution in [0.4, 0.5) is 0 Å². The maximum atomic E-state index is 4.13. The molecule has 2 heterocycles. The maximum Gasteiger partial charge on any atom is 0.183 e. The smallest absolute Gasteiger partial charge is 0.183 e. The molecule has 0 spiro atoms. The van der Waals surface area contributed by atoms with Crippen LogP contribution in [-0.2, 0) is 0 Å². The van der Waals surface area contributed by atoms with Gasteiger partial charge in [-0.25, -0.2) is 10.4 Å². The zero-order valence-electron chi connectivity index (χ0n) is 4.16. The molecular weight excluding hydrogens is 122 g/mol. The number of aliphatic imine (C=N–C) groups is 1. The highest BCUT2D eigenvalue weighted by atomic mass is 32.2. The van der Waals surface area contributed by atoms with Crippen molar-refractivity contribution in [3.05, 3.63) is 11.6 Å². The van der Waals surface area contributed by atoms with Gasteiger partial charge in [0.1, 0.15) is 6.67 Å². The molecular formula is C4H5N3S. The van der Waals surface area contributed by atoms with Crippen molar-refractivity contribution < 1.29 is 0 Å². The summed E-state index contributed by atoms with van der Waals surface area (Å²) in [4.78, 5) is 4.13. The molecule has 0 fully saturated rings. The predicted octanol–water partition coefficient (Wildman–Crippen LogP) is 0.338. The lowest BCUT2D eigenvalue weighted by molar-refractivity contribution is 0.461. The Bertz CT molecular complexity index is 163. The molecule has 0 radical (unpaired) electrons. The van der Waals surface area contributed by atoms with Gasteiger partial charge in [0.25, 0.3) is 0 Å². The molecule has 42 valence electrons. The maximum absolute atomic E-state index is 4.13. The summed E-state index contributed by atoms with van der Waals surface area (Å²) >= 11 is 1.65. The van der Waals surface area contributed by atoms with Crippen molar-refractivity contribution in [2.75, 3.05) is 6.67 Å². The molecule has 4 heteroatoms. The Morgan fingerprint density at radius 3 is 3.75 bits per heavy atom. The van der Waals surface area contributed by atoms with E-state index in [2.05, 4.69) is 10.4 Å². The molecule has 0 atom stereocenters. The van der Waals surface area contributed by atoms with Crippen LogP contribution in [0.15, 0.2) is 16.6 Å². The minimum absolute atomic E-state index is 0.729. The van der Waals surface area contributed by atoms with Gasteiger partial charge in [0.15, 0.2) is 5.17 Å². The van der Waals surface area contributed by atoms with Crippen LogP contribution < -0.4 is 5.43 Å². The predicted molar refractivity (Wildman–Crippen MR) is 34.0 cm³/mol. The molecule has 0 aromatic rings. The largest absolute Gasteiger partial charge is 0.259 e. The van der Waals surface area contributed by atoms with Gasteiger partial charge >= 0.3 is 0 Å². The Hall–Kier alpha value is -0.480. The van der Waals surface area contributed by atoms with Crippen molar-refractivity contribution in [3.8, 4) is 0 Å². The van der Waals surface area contributed by atoms with Gasteiger partial charge < -0.3 is 0 Å². The van der Waals surface area contributed by atoms with E-state index in [1.165, 1.54) is 0 Å². The fraction of sp³-hybridized carbons (Fsp3) is 0.250. The minimum atomic E-state index is 0.729. The van der Waals surface area contributed by atoms with Crippen LogP contribution in [0.5, 0.6) is 0 Å². The molecule has 2 rings (SSSR count). The number of thioether (sulfide) groups is 1. The molecule has 0 bridgehead atoms. The monoisotopic (exact) mass is 127 g/mol. The van der Waals surface area contributed by atoms with Crippen LogP contribution in [0.3, 0.4) is 0 Å². The second-order valence-electron chi connectivity index (χ2n) is 1.53. The van der Waals surface area contributed by atoms with Crippen LogP contribution >= 0.6 is 11.8 Å². The van der Waals surface area contributed by atoms with Crippen LogP contribution in [-0.4, -0.2) is 16.8 Å². The fourth-order valence-electron chi connectivity index (χ4n) is 0.686. The van der Waals surface area contributed by atoms with E-state index in [4.69, 9.17) is 0 Å². The van der Waals surface area contributed by atoms with Gasteiger partial charge in [0.2, 0.25) is 0 Å². The van der Waals surface area contributed by atoms with Gasteiger partial charge in [-0.1, -0.05) is 11.8 Å². The third-order valence-corrected chi connectivity index (χ3v) is 1.84. The fourth-order valence-corrected chi connectivity index (χ4v) is 1.37. The first-order valence-electron chi connectivity index (χ1n) is 2.37. The number of nitrogens with one attached hydrogen (secondary N) is 1. The second kappa shape index (κ2) is 1.50. The van der Waals surface area contributed by atoms with Gasteiger partial charge in [0, 0.05) is 6.20 Å². The van der Waals surface area contributed by atoms with E-state index < -0.39 is 0 Å². The second-order valence-corrected chi connectivity index (χ2v) is 2.40. The normalized spacial score (nSPS) is 24.0. The average Bonchev–Trinajstić information content (AvgIpc) is 2.15. The molecule has 0 aromatic heterocycles. The van der Waals surface area contributed by atoms with Crippen molar-refractivity contribution in [2.24, 2.45) is 4.99 Å². The molecule has 0 saturated carbocycles. The summed E-state index contributed by atoms with van der Waals surface area (Å²) in [6.45, 7) is 0.729. The van der Waals surface area contributed by atoms with Gasteiger partial charge in [-0.3, -0.25) is 5.01 Å². The number of rotatable bonds is 0. The summed E-state index contributed by atoms with van der Waals surface area (Å²) in [5.74, 6) is 0. The third kappa shape index (κ3) is 0.468. The molecule has 8 heavy (non-hydrogen) atoms. The molecule has 2 aliphatic heterocycles. The zero-order valence-corrected chi connectivity index (χ0v) is 4.98.